The molecule has 2 N–H and O–H groups in total. The minimum atomic E-state index is -0.220. The number of nitrogens with one attached hydrogen (secondary N) is 2. The van der Waals surface area contributed by atoms with E-state index in [0.29, 0.717) is 38.9 Å². The Morgan fingerprint density at radius 1 is 1.29 bits per heavy atom. The van der Waals surface area contributed by atoms with Crippen molar-refractivity contribution < 1.29 is 9.53 Å². The number of hydrogen-bond acceptors (Lipinski definition) is 3. The third-order valence-electron chi connectivity index (χ3n) is 4.44. The highest BCUT2D eigenvalue weighted by molar-refractivity contribution is 5.86. The van der Waals surface area contributed by atoms with E-state index < -0.39 is 0 Å². The largest absolute Gasteiger partial charge is 0.378 e. The second kappa shape index (κ2) is 8.15. The van der Waals surface area contributed by atoms with E-state index in [9.17, 15) is 4.79 Å². The molecule has 1 atom stereocenters. The van der Waals surface area contributed by atoms with Gasteiger partial charge in [0.25, 0.3) is 0 Å². The van der Waals surface area contributed by atoms with Gasteiger partial charge in [-0.3, -0.25) is 9.79 Å². The molecule has 6 heteroatoms. The number of benzene rings is 1. The Morgan fingerprint density at radius 2 is 2.00 bits per heavy atom. The molecule has 1 saturated carbocycles. The highest BCUT2D eigenvalue weighted by Gasteiger charge is 2.28. The van der Waals surface area contributed by atoms with Gasteiger partial charge in [0.2, 0.25) is 5.91 Å². The van der Waals surface area contributed by atoms with Crippen LogP contribution >= 0.6 is 0 Å². The molecule has 1 heterocycles. The van der Waals surface area contributed by atoms with Gasteiger partial charge < -0.3 is 20.3 Å². The Hall–Kier alpha value is -2.08. The number of amides is 1. The molecule has 3 rings (SSSR count). The first-order chi connectivity index (χ1) is 11.8. The molecule has 130 valence electrons. The van der Waals surface area contributed by atoms with Gasteiger partial charge in [0.15, 0.2) is 5.96 Å². The topological polar surface area (TPSA) is 66.0 Å². The van der Waals surface area contributed by atoms with Crippen molar-refractivity contribution in [3.63, 3.8) is 0 Å². The van der Waals surface area contributed by atoms with Crippen molar-refractivity contribution in [3.8, 4) is 0 Å². The van der Waals surface area contributed by atoms with E-state index in [0.717, 1.165) is 11.5 Å². The summed E-state index contributed by atoms with van der Waals surface area (Å²) in [5.41, 5.74) is 1.03. The van der Waals surface area contributed by atoms with Crippen LogP contribution in [-0.2, 0) is 9.53 Å². The van der Waals surface area contributed by atoms with E-state index in [1.54, 1.807) is 7.05 Å². The van der Waals surface area contributed by atoms with E-state index in [1.807, 2.05) is 35.2 Å². The highest BCUT2D eigenvalue weighted by Crippen LogP contribution is 2.20. The molecule has 2 aliphatic rings. The van der Waals surface area contributed by atoms with Gasteiger partial charge >= 0.3 is 0 Å². The number of guanidine groups is 1. The summed E-state index contributed by atoms with van der Waals surface area (Å²) in [4.78, 5) is 19.2. The third kappa shape index (κ3) is 4.47. The summed E-state index contributed by atoms with van der Waals surface area (Å²) in [6.45, 7) is 3.10. The van der Waals surface area contributed by atoms with Crippen molar-refractivity contribution in [1.82, 2.24) is 15.5 Å². The van der Waals surface area contributed by atoms with Gasteiger partial charge in [-0.1, -0.05) is 30.3 Å². The standard InChI is InChI=1S/C18H26N4O2/c1-19-18(21-15-7-8-15)20-13-16(14-5-3-2-4-6-14)17(23)22-9-11-24-12-10-22/h2-6,15-16H,7-13H2,1H3,(H2,19,20,21). The number of aliphatic imine (C=N–C) groups is 1. The van der Waals surface area contributed by atoms with E-state index >= 15 is 0 Å². The number of nitrogens with zero attached hydrogens (tertiary/aromatic N) is 2. The van der Waals surface area contributed by atoms with Crippen molar-refractivity contribution in [1.29, 1.82) is 0 Å². The minimum absolute atomic E-state index is 0.152. The average Bonchev–Trinajstić information content (AvgIpc) is 3.46. The van der Waals surface area contributed by atoms with Crippen molar-refractivity contribution in [3.05, 3.63) is 35.9 Å². The first-order valence-corrected chi connectivity index (χ1v) is 8.66. The van der Waals surface area contributed by atoms with Crippen LogP contribution in [0.1, 0.15) is 24.3 Å². The van der Waals surface area contributed by atoms with Crippen molar-refractivity contribution >= 4 is 11.9 Å². The van der Waals surface area contributed by atoms with E-state index in [1.165, 1.54) is 12.8 Å². The second-order valence-corrected chi connectivity index (χ2v) is 6.27. The molecule has 24 heavy (non-hydrogen) atoms. The van der Waals surface area contributed by atoms with Crippen LogP contribution < -0.4 is 10.6 Å². The predicted molar refractivity (Wildman–Crippen MR) is 94.1 cm³/mol. The highest BCUT2D eigenvalue weighted by atomic mass is 16.5. The van der Waals surface area contributed by atoms with Gasteiger partial charge in [0.1, 0.15) is 0 Å². The predicted octanol–water partition coefficient (Wildman–Crippen LogP) is 0.956. The fraction of sp³-hybridized carbons (Fsp3) is 0.556. The van der Waals surface area contributed by atoms with Gasteiger partial charge in [0, 0.05) is 32.7 Å². The summed E-state index contributed by atoms with van der Waals surface area (Å²) in [5, 5.41) is 6.68. The third-order valence-corrected chi connectivity index (χ3v) is 4.44. The fourth-order valence-corrected chi connectivity index (χ4v) is 2.85. The van der Waals surface area contributed by atoms with Crippen molar-refractivity contribution in [2.45, 2.75) is 24.8 Å². The maximum Gasteiger partial charge on any atom is 0.232 e. The van der Waals surface area contributed by atoms with Crippen molar-refractivity contribution in [2.75, 3.05) is 39.9 Å². The van der Waals surface area contributed by atoms with Gasteiger partial charge in [-0.15, -0.1) is 0 Å². The molecular formula is C18H26N4O2. The number of morpholine rings is 1. The molecule has 0 bridgehead atoms. The summed E-state index contributed by atoms with van der Waals surface area (Å²) in [6, 6.07) is 10.5. The lowest BCUT2D eigenvalue weighted by Crippen LogP contribution is -2.47. The Bertz CT molecular complexity index is 566. The fourth-order valence-electron chi connectivity index (χ4n) is 2.85. The summed E-state index contributed by atoms with van der Waals surface area (Å²) in [6.07, 6.45) is 2.38. The van der Waals surface area contributed by atoms with Crippen LogP contribution in [0.5, 0.6) is 0 Å². The maximum absolute atomic E-state index is 13.0. The molecule has 1 aromatic rings. The molecule has 2 fully saturated rings. The molecule has 1 aliphatic heterocycles. The lowest BCUT2D eigenvalue weighted by molar-refractivity contribution is -0.136. The second-order valence-electron chi connectivity index (χ2n) is 6.27. The number of hydrogen-bond donors (Lipinski definition) is 2. The van der Waals surface area contributed by atoms with Gasteiger partial charge in [-0.2, -0.15) is 0 Å². The molecule has 0 radical (unpaired) electrons. The SMILES string of the molecule is CN=C(NCC(C(=O)N1CCOCC1)c1ccccc1)NC1CC1. The Labute approximate surface area is 143 Å². The van der Waals surface area contributed by atoms with Crippen LogP contribution in [0.25, 0.3) is 0 Å². The van der Waals surface area contributed by atoms with Gasteiger partial charge in [0.05, 0.1) is 19.1 Å². The minimum Gasteiger partial charge on any atom is -0.378 e. The van der Waals surface area contributed by atoms with Gasteiger partial charge in [-0.05, 0) is 18.4 Å². The molecule has 1 aliphatic carbocycles. The van der Waals surface area contributed by atoms with Crippen LogP contribution in [0, 0.1) is 0 Å². The summed E-state index contributed by atoms with van der Waals surface area (Å²) >= 11 is 0. The van der Waals surface area contributed by atoms with E-state index in [2.05, 4.69) is 15.6 Å². The molecule has 6 nitrogen and oxygen atoms in total. The number of carbonyl (C=O) groups excluding carboxylic acids is 1. The molecular weight excluding hydrogens is 304 g/mol. The first-order valence-electron chi connectivity index (χ1n) is 8.66. The van der Waals surface area contributed by atoms with Crippen LogP contribution in [0.15, 0.2) is 35.3 Å². The maximum atomic E-state index is 13.0. The zero-order valence-corrected chi connectivity index (χ0v) is 14.2. The Balaban J connectivity index is 1.68. The normalized spacial score (nSPS) is 19.7. The quantitative estimate of drug-likeness (QED) is 0.623. The summed E-state index contributed by atoms with van der Waals surface area (Å²) < 4.78 is 5.36. The average molecular weight is 330 g/mol. The monoisotopic (exact) mass is 330 g/mol. The zero-order valence-electron chi connectivity index (χ0n) is 14.2. The zero-order chi connectivity index (χ0) is 16.8. The Kier molecular flexibility index (Phi) is 5.69. The molecule has 1 aromatic carbocycles. The Morgan fingerprint density at radius 3 is 2.62 bits per heavy atom. The first kappa shape index (κ1) is 16.8. The number of rotatable bonds is 5. The molecule has 0 spiro atoms. The molecule has 0 aromatic heterocycles. The van der Waals surface area contributed by atoms with Crippen LogP contribution in [0.4, 0.5) is 0 Å². The number of carbonyl (C=O) groups is 1. The molecule has 1 amide bonds. The summed E-state index contributed by atoms with van der Waals surface area (Å²) in [7, 11) is 1.76. The summed E-state index contributed by atoms with van der Waals surface area (Å²) in [5.74, 6) is 0.703. The van der Waals surface area contributed by atoms with E-state index in [-0.39, 0.29) is 11.8 Å². The van der Waals surface area contributed by atoms with Crippen LogP contribution in [-0.4, -0.2) is 62.7 Å². The molecule has 1 unspecified atom stereocenters. The van der Waals surface area contributed by atoms with Crippen LogP contribution in [0.2, 0.25) is 0 Å². The van der Waals surface area contributed by atoms with Crippen LogP contribution in [0.3, 0.4) is 0 Å². The lowest BCUT2D eigenvalue weighted by atomic mass is 9.97. The molecule has 1 saturated heterocycles. The van der Waals surface area contributed by atoms with E-state index in [4.69, 9.17) is 4.74 Å². The van der Waals surface area contributed by atoms with Gasteiger partial charge in [-0.25, -0.2) is 0 Å². The number of ether oxygens (including phenoxy) is 1. The smallest absolute Gasteiger partial charge is 0.232 e. The lowest BCUT2D eigenvalue weighted by Gasteiger charge is -2.31. The van der Waals surface area contributed by atoms with Crippen molar-refractivity contribution in [2.24, 2.45) is 4.99 Å².